The van der Waals surface area contributed by atoms with Gasteiger partial charge in [0, 0.05) is 21.2 Å². The van der Waals surface area contributed by atoms with Crippen molar-refractivity contribution in [3.05, 3.63) is 74.6 Å². The fraction of sp³-hybridized carbons (Fsp3) is 0.321. The fourth-order valence-corrected chi connectivity index (χ4v) is 5.60. The number of thiophene rings is 1. The van der Waals surface area contributed by atoms with E-state index in [1.165, 1.54) is 11.3 Å². The molecule has 1 unspecified atom stereocenters. The molecular formula is C28H29ClN2O5S. The van der Waals surface area contributed by atoms with Gasteiger partial charge in [-0.1, -0.05) is 17.7 Å². The minimum Gasteiger partial charge on any atom is -0.481 e. The van der Waals surface area contributed by atoms with Crippen molar-refractivity contribution >= 4 is 51.4 Å². The first-order valence-corrected chi connectivity index (χ1v) is 13.4. The molecule has 3 aromatic rings. The Hall–Kier alpha value is -3.36. The maximum Gasteiger partial charge on any atom is 0.341 e. The molecule has 0 spiro atoms. The topological polar surface area (TPSA) is 93.7 Å². The molecule has 0 saturated heterocycles. The van der Waals surface area contributed by atoms with Crippen molar-refractivity contribution in [1.29, 1.82) is 0 Å². The lowest BCUT2D eigenvalue weighted by Gasteiger charge is -2.16. The van der Waals surface area contributed by atoms with E-state index < -0.39 is 12.1 Å². The minimum atomic E-state index is -0.775. The number of ether oxygens (including phenoxy) is 2. The van der Waals surface area contributed by atoms with Crippen molar-refractivity contribution in [3.63, 3.8) is 0 Å². The molecule has 1 atom stereocenters. The van der Waals surface area contributed by atoms with Crippen LogP contribution in [0.15, 0.2) is 42.5 Å². The number of carbonyl (C=O) groups excluding carboxylic acids is 3. The smallest absolute Gasteiger partial charge is 0.341 e. The average molecular weight is 541 g/mol. The van der Waals surface area contributed by atoms with Gasteiger partial charge in [-0.15, -0.1) is 11.3 Å². The quantitative estimate of drug-likeness (QED) is 0.321. The first kappa shape index (κ1) is 26.7. The van der Waals surface area contributed by atoms with Gasteiger partial charge in [0.05, 0.1) is 12.2 Å². The molecule has 2 N–H and O–H groups in total. The van der Waals surface area contributed by atoms with E-state index in [1.54, 1.807) is 50.2 Å². The molecular weight excluding hydrogens is 512 g/mol. The van der Waals surface area contributed by atoms with E-state index >= 15 is 0 Å². The molecule has 1 aliphatic rings. The number of halogens is 1. The van der Waals surface area contributed by atoms with E-state index in [0.29, 0.717) is 32.6 Å². The number of aryl methyl sites for hydroxylation is 2. The Kier molecular flexibility index (Phi) is 8.51. The molecule has 7 nitrogen and oxygen atoms in total. The molecule has 1 aliphatic carbocycles. The molecule has 0 radical (unpaired) electrons. The lowest BCUT2D eigenvalue weighted by molar-refractivity contribution is -0.122. The zero-order valence-corrected chi connectivity index (χ0v) is 22.6. The van der Waals surface area contributed by atoms with Crippen molar-refractivity contribution in [3.8, 4) is 5.75 Å². The van der Waals surface area contributed by atoms with E-state index in [4.69, 9.17) is 21.1 Å². The summed E-state index contributed by atoms with van der Waals surface area (Å²) in [6.45, 7) is 5.56. The van der Waals surface area contributed by atoms with Crippen LogP contribution in [0.2, 0.25) is 5.02 Å². The molecule has 9 heteroatoms. The highest BCUT2D eigenvalue weighted by atomic mass is 35.5. The van der Waals surface area contributed by atoms with Crippen molar-refractivity contribution in [2.45, 2.75) is 52.6 Å². The zero-order valence-electron chi connectivity index (χ0n) is 21.0. The summed E-state index contributed by atoms with van der Waals surface area (Å²) in [7, 11) is 0. The number of esters is 1. The number of amides is 2. The Bertz CT molecular complexity index is 1320. The third-order valence-corrected chi connectivity index (χ3v) is 7.58. The number of hydrogen-bond acceptors (Lipinski definition) is 6. The van der Waals surface area contributed by atoms with E-state index in [9.17, 15) is 14.4 Å². The standard InChI is InChI=1S/C28H29ClN2O5S/c1-4-35-28(34)24-21-7-5-6-8-23(21)37-27(24)31-26(33)18-10-13-20(14-11-18)36-17(3)25(32)30-22-15-19(29)12-9-16(22)2/h9-15,17H,4-8H2,1-3H3,(H,30,32)(H,31,33). The SMILES string of the molecule is CCOC(=O)c1c(NC(=O)c2ccc(OC(C)C(=O)Nc3cc(Cl)ccc3C)cc2)sc2c1CCCC2. The van der Waals surface area contributed by atoms with Gasteiger partial charge in [-0.2, -0.15) is 0 Å². The molecule has 1 heterocycles. The van der Waals surface area contributed by atoms with Crippen LogP contribution >= 0.6 is 22.9 Å². The second-order valence-corrected chi connectivity index (χ2v) is 10.4. The molecule has 194 valence electrons. The number of benzene rings is 2. The molecule has 2 amide bonds. The Balaban J connectivity index is 1.42. The Morgan fingerprint density at radius 3 is 2.51 bits per heavy atom. The number of carbonyl (C=O) groups is 3. The molecule has 4 rings (SSSR count). The summed E-state index contributed by atoms with van der Waals surface area (Å²) in [6, 6.07) is 11.8. The molecule has 0 bridgehead atoms. The van der Waals surface area contributed by atoms with Gasteiger partial charge in [0.2, 0.25) is 0 Å². The number of nitrogens with one attached hydrogen (secondary N) is 2. The van der Waals surface area contributed by atoms with Crippen LogP contribution in [0.5, 0.6) is 5.75 Å². The van der Waals surface area contributed by atoms with Crippen molar-refractivity contribution in [2.24, 2.45) is 0 Å². The van der Waals surface area contributed by atoms with Crippen molar-refractivity contribution < 1.29 is 23.9 Å². The van der Waals surface area contributed by atoms with Gasteiger partial charge in [0.15, 0.2) is 6.10 Å². The first-order valence-electron chi connectivity index (χ1n) is 12.2. The van der Waals surface area contributed by atoms with Crippen LogP contribution in [0.25, 0.3) is 0 Å². The predicted molar refractivity (Wildman–Crippen MR) is 146 cm³/mol. The van der Waals surface area contributed by atoms with Crippen LogP contribution < -0.4 is 15.4 Å². The summed E-state index contributed by atoms with van der Waals surface area (Å²) >= 11 is 7.47. The summed E-state index contributed by atoms with van der Waals surface area (Å²) in [6.07, 6.45) is 3.02. The number of rotatable bonds is 8. The molecule has 1 aromatic heterocycles. The normalized spacial score (nSPS) is 13.3. The highest BCUT2D eigenvalue weighted by Gasteiger charge is 2.27. The monoisotopic (exact) mass is 540 g/mol. The highest BCUT2D eigenvalue weighted by molar-refractivity contribution is 7.17. The molecule has 0 saturated carbocycles. The number of fused-ring (bicyclic) bond motifs is 1. The Morgan fingerprint density at radius 2 is 1.78 bits per heavy atom. The molecule has 2 aromatic carbocycles. The predicted octanol–water partition coefficient (Wildman–Crippen LogP) is 6.42. The van der Waals surface area contributed by atoms with Gasteiger partial charge in [-0.05, 0) is 94.0 Å². The maximum atomic E-state index is 13.0. The Morgan fingerprint density at radius 1 is 1.05 bits per heavy atom. The molecule has 0 aliphatic heterocycles. The van der Waals surface area contributed by atoms with Crippen LogP contribution in [0.3, 0.4) is 0 Å². The van der Waals surface area contributed by atoms with Crippen molar-refractivity contribution in [2.75, 3.05) is 17.2 Å². The second kappa shape index (κ2) is 11.8. The van der Waals surface area contributed by atoms with Gasteiger partial charge in [-0.3, -0.25) is 9.59 Å². The van der Waals surface area contributed by atoms with E-state index in [1.807, 2.05) is 13.0 Å². The van der Waals surface area contributed by atoms with Gasteiger partial charge in [-0.25, -0.2) is 4.79 Å². The summed E-state index contributed by atoms with van der Waals surface area (Å²) in [5, 5.41) is 6.78. The largest absolute Gasteiger partial charge is 0.481 e. The van der Waals surface area contributed by atoms with Crippen LogP contribution in [-0.2, 0) is 22.4 Å². The van der Waals surface area contributed by atoms with Crippen LogP contribution in [0.4, 0.5) is 10.7 Å². The van der Waals surface area contributed by atoms with Crippen molar-refractivity contribution in [1.82, 2.24) is 0 Å². The average Bonchev–Trinajstić information content (AvgIpc) is 3.24. The van der Waals surface area contributed by atoms with E-state index in [2.05, 4.69) is 10.6 Å². The van der Waals surface area contributed by atoms with Crippen LogP contribution in [-0.4, -0.2) is 30.5 Å². The highest BCUT2D eigenvalue weighted by Crippen LogP contribution is 2.39. The third-order valence-electron chi connectivity index (χ3n) is 6.13. The lowest BCUT2D eigenvalue weighted by Crippen LogP contribution is -2.30. The number of hydrogen-bond donors (Lipinski definition) is 2. The first-order chi connectivity index (χ1) is 17.8. The zero-order chi connectivity index (χ0) is 26.5. The molecule has 0 fully saturated rings. The van der Waals surface area contributed by atoms with Crippen LogP contribution in [0.1, 0.15) is 63.4 Å². The van der Waals surface area contributed by atoms with Crippen LogP contribution in [0, 0.1) is 6.92 Å². The van der Waals surface area contributed by atoms with Gasteiger partial charge < -0.3 is 20.1 Å². The van der Waals surface area contributed by atoms with E-state index in [-0.39, 0.29) is 18.4 Å². The lowest BCUT2D eigenvalue weighted by atomic mass is 9.95. The Labute approximate surface area is 225 Å². The molecule has 37 heavy (non-hydrogen) atoms. The summed E-state index contributed by atoms with van der Waals surface area (Å²) < 4.78 is 11.0. The summed E-state index contributed by atoms with van der Waals surface area (Å²) in [5.41, 5.74) is 3.38. The van der Waals surface area contributed by atoms with E-state index in [0.717, 1.165) is 41.7 Å². The minimum absolute atomic E-state index is 0.271. The summed E-state index contributed by atoms with van der Waals surface area (Å²) in [5.74, 6) is -0.611. The van der Waals surface area contributed by atoms with Gasteiger partial charge in [0.1, 0.15) is 10.8 Å². The van der Waals surface area contributed by atoms with Gasteiger partial charge >= 0.3 is 5.97 Å². The second-order valence-electron chi connectivity index (χ2n) is 8.82. The number of anilines is 2. The maximum absolute atomic E-state index is 13.0. The third kappa shape index (κ3) is 6.32. The fourth-order valence-electron chi connectivity index (χ4n) is 4.15. The van der Waals surface area contributed by atoms with Gasteiger partial charge in [0.25, 0.3) is 11.8 Å². The summed E-state index contributed by atoms with van der Waals surface area (Å²) in [4.78, 5) is 39.4.